The van der Waals surface area contributed by atoms with Crippen molar-refractivity contribution in [2.24, 2.45) is 0 Å². The van der Waals surface area contributed by atoms with Crippen LogP contribution in [0.25, 0.3) is 0 Å². The maximum Gasteiger partial charge on any atom is 0.269 e. The highest BCUT2D eigenvalue weighted by Gasteiger charge is 2.19. The Morgan fingerprint density at radius 1 is 0.810 bits per heavy atom. The molecule has 0 fully saturated rings. The standard InChI is InChI=1S/C12H5Cl5N2O2/c13-7-8(14)10(16)12(11(17)9(7)15)18-5-1-3-6(4-2-5)19(20)21/h1-4,18H. The van der Waals surface area contributed by atoms with Gasteiger partial charge in [0, 0.05) is 17.8 Å². The number of rotatable bonds is 3. The van der Waals surface area contributed by atoms with Crippen molar-refractivity contribution in [2.45, 2.75) is 0 Å². The van der Waals surface area contributed by atoms with E-state index in [4.69, 9.17) is 58.0 Å². The Morgan fingerprint density at radius 2 is 1.24 bits per heavy atom. The molecule has 1 N–H and O–H groups in total. The summed E-state index contributed by atoms with van der Waals surface area (Å²) in [5.74, 6) is 0. The molecule has 110 valence electrons. The zero-order chi connectivity index (χ0) is 15.7. The van der Waals surface area contributed by atoms with Crippen LogP contribution in [0.15, 0.2) is 24.3 Å². The van der Waals surface area contributed by atoms with Gasteiger partial charge in [-0.25, -0.2) is 0 Å². The summed E-state index contributed by atoms with van der Waals surface area (Å²) in [5.41, 5.74) is 0.760. The van der Waals surface area contributed by atoms with Gasteiger partial charge < -0.3 is 5.32 Å². The minimum Gasteiger partial charge on any atom is -0.353 e. The van der Waals surface area contributed by atoms with Crippen LogP contribution in [0.3, 0.4) is 0 Å². The van der Waals surface area contributed by atoms with E-state index in [-0.39, 0.29) is 36.5 Å². The molecule has 0 radical (unpaired) electrons. The molecule has 2 aromatic rings. The molecule has 21 heavy (non-hydrogen) atoms. The molecular weight excluding hydrogens is 381 g/mol. The third-order valence-corrected chi connectivity index (χ3v) is 4.83. The molecule has 2 rings (SSSR count). The summed E-state index contributed by atoms with van der Waals surface area (Å²) >= 11 is 30.0. The monoisotopic (exact) mass is 384 g/mol. The summed E-state index contributed by atoms with van der Waals surface area (Å²) in [7, 11) is 0. The van der Waals surface area contributed by atoms with Gasteiger partial charge in [-0.1, -0.05) is 58.0 Å². The van der Waals surface area contributed by atoms with Gasteiger partial charge in [0.1, 0.15) is 0 Å². The van der Waals surface area contributed by atoms with E-state index in [1.54, 1.807) is 0 Å². The van der Waals surface area contributed by atoms with Crippen LogP contribution in [0.1, 0.15) is 0 Å². The van der Waals surface area contributed by atoms with E-state index in [9.17, 15) is 10.1 Å². The molecule has 0 heterocycles. The Bertz CT molecular complexity index is 690. The molecule has 0 bridgehead atoms. The first-order chi connectivity index (χ1) is 9.82. The number of non-ortho nitro benzene ring substituents is 1. The second-order valence-electron chi connectivity index (χ2n) is 3.87. The fourth-order valence-corrected chi connectivity index (χ4v) is 2.76. The third kappa shape index (κ3) is 3.30. The van der Waals surface area contributed by atoms with Gasteiger partial charge >= 0.3 is 0 Å². The van der Waals surface area contributed by atoms with Gasteiger partial charge in [0.2, 0.25) is 0 Å². The Labute approximate surface area is 144 Å². The molecule has 0 aliphatic rings. The Balaban J connectivity index is 2.42. The van der Waals surface area contributed by atoms with E-state index < -0.39 is 4.92 Å². The van der Waals surface area contributed by atoms with E-state index in [0.717, 1.165) is 0 Å². The molecule has 0 unspecified atom stereocenters. The van der Waals surface area contributed by atoms with Crippen molar-refractivity contribution in [3.63, 3.8) is 0 Å². The fourth-order valence-electron chi connectivity index (χ4n) is 1.53. The smallest absolute Gasteiger partial charge is 0.269 e. The van der Waals surface area contributed by atoms with Gasteiger partial charge in [-0.05, 0) is 12.1 Å². The largest absolute Gasteiger partial charge is 0.353 e. The Kier molecular flexibility index (Phi) is 5.07. The molecule has 0 saturated heterocycles. The summed E-state index contributed by atoms with van der Waals surface area (Å²) < 4.78 is 0. The van der Waals surface area contributed by atoms with Crippen molar-refractivity contribution in [2.75, 3.05) is 5.32 Å². The van der Waals surface area contributed by atoms with Crippen LogP contribution in [-0.2, 0) is 0 Å². The first-order valence-corrected chi connectivity index (χ1v) is 7.24. The second-order valence-corrected chi connectivity index (χ2v) is 5.76. The first kappa shape index (κ1) is 16.5. The van der Waals surface area contributed by atoms with Gasteiger partial charge in [-0.2, -0.15) is 0 Å². The fraction of sp³-hybridized carbons (Fsp3) is 0. The van der Waals surface area contributed by atoms with Crippen LogP contribution in [0, 0.1) is 10.1 Å². The molecular formula is C12H5Cl5N2O2. The first-order valence-electron chi connectivity index (χ1n) is 5.36. The molecule has 9 heteroatoms. The summed E-state index contributed by atoms with van der Waals surface area (Å²) in [6, 6.07) is 5.68. The SMILES string of the molecule is O=[N+]([O-])c1ccc(Nc2c(Cl)c(Cl)c(Cl)c(Cl)c2Cl)cc1. The molecule has 0 atom stereocenters. The maximum atomic E-state index is 10.6. The highest BCUT2D eigenvalue weighted by atomic mass is 35.5. The van der Waals surface area contributed by atoms with Gasteiger partial charge in [0.15, 0.2) is 0 Å². The van der Waals surface area contributed by atoms with Crippen LogP contribution in [0.4, 0.5) is 17.1 Å². The van der Waals surface area contributed by atoms with E-state index in [0.29, 0.717) is 5.69 Å². The highest BCUT2D eigenvalue weighted by Crippen LogP contribution is 2.47. The number of nitrogens with zero attached hydrogens (tertiary/aromatic N) is 1. The van der Waals surface area contributed by atoms with Crippen molar-refractivity contribution in [1.82, 2.24) is 0 Å². The van der Waals surface area contributed by atoms with Crippen molar-refractivity contribution < 1.29 is 4.92 Å². The van der Waals surface area contributed by atoms with E-state index >= 15 is 0 Å². The normalized spacial score (nSPS) is 10.5. The average molecular weight is 386 g/mol. The molecule has 0 aromatic heterocycles. The van der Waals surface area contributed by atoms with Crippen molar-refractivity contribution in [3.8, 4) is 0 Å². The van der Waals surface area contributed by atoms with Gasteiger partial charge in [-0.3, -0.25) is 10.1 Å². The van der Waals surface area contributed by atoms with Gasteiger partial charge in [0.05, 0.1) is 35.7 Å². The van der Waals surface area contributed by atoms with Crippen LogP contribution in [-0.4, -0.2) is 4.92 Å². The Hall–Kier alpha value is -0.910. The molecule has 0 aliphatic carbocycles. The zero-order valence-electron chi connectivity index (χ0n) is 9.96. The lowest BCUT2D eigenvalue weighted by atomic mass is 10.2. The number of hydrogen-bond donors (Lipinski definition) is 1. The van der Waals surface area contributed by atoms with E-state index in [1.807, 2.05) is 0 Å². The Morgan fingerprint density at radius 3 is 1.67 bits per heavy atom. The van der Waals surface area contributed by atoms with Crippen molar-refractivity contribution in [3.05, 3.63) is 59.5 Å². The quantitative estimate of drug-likeness (QED) is 0.280. The number of benzene rings is 2. The highest BCUT2D eigenvalue weighted by molar-refractivity contribution is 6.56. The summed E-state index contributed by atoms with van der Waals surface area (Å²) in [6.07, 6.45) is 0. The van der Waals surface area contributed by atoms with Crippen molar-refractivity contribution >= 4 is 75.1 Å². The predicted molar refractivity (Wildman–Crippen MR) is 87.9 cm³/mol. The number of halogens is 5. The average Bonchev–Trinajstić information content (AvgIpc) is 2.48. The second kappa shape index (κ2) is 6.46. The van der Waals surface area contributed by atoms with E-state index in [1.165, 1.54) is 24.3 Å². The van der Waals surface area contributed by atoms with Crippen molar-refractivity contribution in [1.29, 1.82) is 0 Å². The lowest BCUT2D eigenvalue weighted by Crippen LogP contribution is -1.95. The summed E-state index contributed by atoms with van der Waals surface area (Å²) in [6.45, 7) is 0. The molecule has 0 spiro atoms. The van der Waals surface area contributed by atoms with Crippen LogP contribution in [0.5, 0.6) is 0 Å². The van der Waals surface area contributed by atoms with Gasteiger partial charge in [-0.15, -0.1) is 0 Å². The number of nitro benzene ring substituents is 1. The van der Waals surface area contributed by atoms with Crippen LogP contribution in [0.2, 0.25) is 25.1 Å². The van der Waals surface area contributed by atoms with E-state index in [2.05, 4.69) is 5.32 Å². The number of nitrogens with one attached hydrogen (secondary N) is 1. The maximum absolute atomic E-state index is 10.6. The lowest BCUT2D eigenvalue weighted by molar-refractivity contribution is -0.384. The molecule has 0 saturated carbocycles. The summed E-state index contributed by atoms with van der Waals surface area (Å²) in [5, 5.41) is 13.9. The third-order valence-electron chi connectivity index (χ3n) is 2.56. The number of anilines is 2. The minimum absolute atomic E-state index is 0.0371. The van der Waals surface area contributed by atoms with Crippen LogP contribution >= 0.6 is 58.0 Å². The minimum atomic E-state index is -0.500. The lowest BCUT2D eigenvalue weighted by Gasteiger charge is -2.14. The molecule has 0 amide bonds. The number of hydrogen-bond acceptors (Lipinski definition) is 3. The molecule has 0 aliphatic heterocycles. The predicted octanol–water partition coefficient (Wildman–Crippen LogP) is 6.61. The zero-order valence-corrected chi connectivity index (χ0v) is 13.7. The number of nitro groups is 1. The topological polar surface area (TPSA) is 55.2 Å². The molecule has 2 aromatic carbocycles. The molecule has 4 nitrogen and oxygen atoms in total. The van der Waals surface area contributed by atoms with Gasteiger partial charge in [0.25, 0.3) is 5.69 Å². The van der Waals surface area contributed by atoms with Crippen LogP contribution < -0.4 is 5.32 Å². The summed E-state index contributed by atoms with van der Waals surface area (Å²) in [4.78, 5) is 10.1.